The van der Waals surface area contributed by atoms with E-state index in [2.05, 4.69) is 10.2 Å². The van der Waals surface area contributed by atoms with E-state index in [0.29, 0.717) is 5.39 Å². The Morgan fingerprint density at radius 2 is 2.17 bits per heavy atom. The summed E-state index contributed by atoms with van der Waals surface area (Å²) in [5.74, 6) is 0. The summed E-state index contributed by atoms with van der Waals surface area (Å²) in [7, 11) is 0. The summed E-state index contributed by atoms with van der Waals surface area (Å²) in [6.07, 6.45) is 2.93. The van der Waals surface area contributed by atoms with Crippen LogP contribution in [0.1, 0.15) is 0 Å². The highest BCUT2D eigenvalue weighted by molar-refractivity contribution is 7.17. The van der Waals surface area contributed by atoms with Crippen molar-refractivity contribution in [2.75, 3.05) is 0 Å². The van der Waals surface area contributed by atoms with Crippen molar-refractivity contribution in [3.8, 4) is 0 Å². The van der Waals surface area contributed by atoms with Crippen LogP contribution in [0.5, 0.6) is 0 Å². The van der Waals surface area contributed by atoms with Gasteiger partial charge in [0.25, 0.3) is 5.69 Å². The highest BCUT2D eigenvalue weighted by atomic mass is 32.1. The molecule has 0 radical (unpaired) electrons. The first-order valence-electron chi connectivity index (χ1n) is 3.11. The first-order valence-corrected chi connectivity index (χ1v) is 3.99. The number of hydrogen-bond acceptors (Lipinski definition) is 5. The van der Waals surface area contributed by atoms with Crippen molar-refractivity contribution < 1.29 is 4.92 Å². The second kappa shape index (κ2) is 2.49. The van der Waals surface area contributed by atoms with E-state index in [9.17, 15) is 10.1 Å². The minimum Gasteiger partial charge on any atom is -0.258 e. The first kappa shape index (κ1) is 7.11. The van der Waals surface area contributed by atoms with Crippen LogP contribution in [0.25, 0.3) is 10.1 Å². The van der Waals surface area contributed by atoms with Crippen molar-refractivity contribution in [1.82, 2.24) is 10.2 Å². The second-order valence-corrected chi connectivity index (χ2v) is 3.06. The average Bonchev–Trinajstić information content (AvgIpc) is 2.47. The Labute approximate surface area is 70.8 Å². The molecule has 60 valence electrons. The third kappa shape index (κ3) is 0.928. The number of nitro groups is 1. The lowest BCUT2D eigenvalue weighted by Gasteiger charge is -1.85. The van der Waals surface area contributed by atoms with E-state index in [4.69, 9.17) is 0 Å². The fourth-order valence-electron chi connectivity index (χ4n) is 0.920. The Hall–Kier alpha value is -1.56. The molecule has 0 aliphatic heterocycles. The van der Waals surface area contributed by atoms with Gasteiger partial charge in [-0.1, -0.05) is 0 Å². The smallest absolute Gasteiger partial charge is 0.258 e. The molecule has 5 nitrogen and oxygen atoms in total. The van der Waals surface area contributed by atoms with Crippen LogP contribution >= 0.6 is 11.3 Å². The van der Waals surface area contributed by atoms with E-state index in [1.54, 1.807) is 0 Å². The molecule has 2 heterocycles. The Bertz CT molecular complexity index is 439. The molecule has 0 spiro atoms. The maximum absolute atomic E-state index is 10.4. The second-order valence-electron chi connectivity index (χ2n) is 2.15. The molecule has 0 N–H and O–H groups in total. The van der Waals surface area contributed by atoms with Gasteiger partial charge in [-0.3, -0.25) is 10.1 Å². The fourth-order valence-corrected chi connectivity index (χ4v) is 1.76. The molecule has 0 unspecified atom stereocenters. The topological polar surface area (TPSA) is 68.9 Å². The minimum absolute atomic E-state index is 0.102. The van der Waals surface area contributed by atoms with Gasteiger partial charge in [-0.2, -0.15) is 10.2 Å². The molecule has 0 bridgehead atoms. The van der Waals surface area contributed by atoms with Crippen LogP contribution in [-0.4, -0.2) is 15.1 Å². The van der Waals surface area contributed by atoms with Gasteiger partial charge in [-0.25, -0.2) is 0 Å². The van der Waals surface area contributed by atoms with Gasteiger partial charge in [-0.05, 0) is 0 Å². The van der Waals surface area contributed by atoms with Gasteiger partial charge < -0.3 is 0 Å². The Balaban J connectivity index is 2.79. The largest absolute Gasteiger partial charge is 0.289 e. The molecule has 0 aromatic carbocycles. The molecule has 0 fully saturated rings. The van der Waals surface area contributed by atoms with Crippen LogP contribution in [0.15, 0.2) is 17.8 Å². The van der Waals surface area contributed by atoms with Gasteiger partial charge in [0.15, 0.2) is 0 Å². The zero-order valence-electron chi connectivity index (χ0n) is 5.80. The van der Waals surface area contributed by atoms with E-state index in [1.165, 1.54) is 29.1 Å². The van der Waals surface area contributed by atoms with E-state index >= 15 is 0 Å². The molecule has 0 amide bonds. The maximum atomic E-state index is 10.4. The molecular formula is C6H3N3O2S. The van der Waals surface area contributed by atoms with E-state index in [1.807, 2.05) is 0 Å². The van der Waals surface area contributed by atoms with Crippen molar-refractivity contribution in [1.29, 1.82) is 0 Å². The molecule has 0 saturated heterocycles. The first-order chi connectivity index (χ1) is 5.79. The highest BCUT2D eigenvalue weighted by Gasteiger charge is 2.13. The molecule has 0 atom stereocenters. The van der Waals surface area contributed by atoms with Crippen LogP contribution in [0, 0.1) is 10.1 Å². The molecule has 0 aliphatic rings. The number of fused-ring (bicyclic) bond motifs is 1. The van der Waals surface area contributed by atoms with Crippen molar-refractivity contribution in [3.63, 3.8) is 0 Å². The normalized spacial score (nSPS) is 10.3. The minimum atomic E-state index is -0.416. The van der Waals surface area contributed by atoms with E-state index in [0.717, 1.165) is 4.70 Å². The zero-order valence-corrected chi connectivity index (χ0v) is 6.61. The Kier molecular flexibility index (Phi) is 1.47. The third-order valence-electron chi connectivity index (χ3n) is 1.46. The van der Waals surface area contributed by atoms with Crippen molar-refractivity contribution in [2.45, 2.75) is 0 Å². The van der Waals surface area contributed by atoms with Crippen LogP contribution < -0.4 is 0 Å². The van der Waals surface area contributed by atoms with E-state index < -0.39 is 4.92 Å². The van der Waals surface area contributed by atoms with Gasteiger partial charge in [0, 0.05) is 0 Å². The fraction of sp³-hybridized carbons (Fsp3) is 0. The monoisotopic (exact) mass is 181 g/mol. The summed E-state index contributed by atoms with van der Waals surface area (Å²) in [5, 5.41) is 19.7. The zero-order chi connectivity index (χ0) is 8.55. The van der Waals surface area contributed by atoms with Gasteiger partial charge in [0.2, 0.25) is 0 Å². The molecule has 0 aliphatic carbocycles. The van der Waals surface area contributed by atoms with Crippen molar-refractivity contribution in [2.24, 2.45) is 0 Å². The molecule has 6 heteroatoms. The molecular weight excluding hydrogens is 178 g/mol. The lowest BCUT2D eigenvalue weighted by molar-refractivity contribution is -0.382. The summed E-state index contributed by atoms with van der Waals surface area (Å²) in [4.78, 5) is 10.0. The predicted molar refractivity (Wildman–Crippen MR) is 44.1 cm³/mol. The predicted octanol–water partition coefficient (Wildman–Crippen LogP) is 1.60. The van der Waals surface area contributed by atoms with Crippen molar-refractivity contribution >= 4 is 27.1 Å². The summed E-state index contributed by atoms with van der Waals surface area (Å²) >= 11 is 1.30. The Morgan fingerprint density at radius 1 is 1.42 bits per heavy atom. The molecule has 2 aromatic heterocycles. The Morgan fingerprint density at radius 3 is 2.92 bits per heavy atom. The SMILES string of the molecule is O=[N+]([O-])c1csc2cnncc12. The number of aromatic nitrogens is 2. The van der Waals surface area contributed by atoms with Gasteiger partial charge >= 0.3 is 0 Å². The summed E-state index contributed by atoms with van der Waals surface area (Å²) < 4.78 is 0.789. The number of rotatable bonds is 1. The highest BCUT2D eigenvalue weighted by Crippen LogP contribution is 2.29. The van der Waals surface area contributed by atoms with E-state index in [-0.39, 0.29) is 5.69 Å². The summed E-state index contributed by atoms with van der Waals surface area (Å²) in [5.41, 5.74) is 0.102. The molecule has 0 saturated carbocycles. The quantitative estimate of drug-likeness (QED) is 0.495. The maximum Gasteiger partial charge on any atom is 0.289 e. The number of thiophene rings is 1. The van der Waals surface area contributed by atoms with Crippen LogP contribution in [0.2, 0.25) is 0 Å². The average molecular weight is 181 g/mol. The molecule has 2 rings (SSSR count). The summed E-state index contributed by atoms with van der Waals surface area (Å²) in [6, 6.07) is 0. The molecule has 2 aromatic rings. The van der Waals surface area contributed by atoms with Crippen molar-refractivity contribution in [3.05, 3.63) is 27.9 Å². The lowest BCUT2D eigenvalue weighted by atomic mass is 10.3. The van der Waals surface area contributed by atoms with Gasteiger partial charge in [-0.15, -0.1) is 11.3 Å². The standard InChI is InChI=1S/C6H3N3O2S/c10-9(11)5-3-12-6-2-8-7-1-4(5)6/h1-3H. The number of nitrogens with zero attached hydrogens (tertiary/aromatic N) is 3. The van der Waals surface area contributed by atoms with Crippen LogP contribution in [-0.2, 0) is 0 Å². The van der Waals surface area contributed by atoms with Crippen LogP contribution in [0.3, 0.4) is 0 Å². The third-order valence-corrected chi connectivity index (χ3v) is 2.38. The lowest BCUT2D eigenvalue weighted by Crippen LogP contribution is -1.85. The summed E-state index contributed by atoms with van der Waals surface area (Å²) in [6.45, 7) is 0. The van der Waals surface area contributed by atoms with Gasteiger partial charge in [0.1, 0.15) is 0 Å². The molecule has 12 heavy (non-hydrogen) atoms. The number of hydrogen-bond donors (Lipinski definition) is 0. The van der Waals surface area contributed by atoms with Crippen LogP contribution in [0.4, 0.5) is 5.69 Å². The van der Waals surface area contributed by atoms with Gasteiger partial charge in [0.05, 0.1) is 32.8 Å².